The van der Waals surface area contributed by atoms with E-state index < -0.39 is 0 Å². The second-order valence-electron chi connectivity index (χ2n) is 5.74. The van der Waals surface area contributed by atoms with Gasteiger partial charge in [-0.15, -0.1) is 11.3 Å². The van der Waals surface area contributed by atoms with E-state index in [1.54, 1.807) is 11.3 Å². The van der Waals surface area contributed by atoms with Gasteiger partial charge in [0.1, 0.15) is 0 Å². The molecule has 0 radical (unpaired) electrons. The van der Waals surface area contributed by atoms with E-state index in [1.807, 2.05) is 0 Å². The minimum Gasteiger partial charge on any atom is -0.348 e. The van der Waals surface area contributed by atoms with Crippen molar-refractivity contribution in [3.63, 3.8) is 0 Å². The first kappa shape index (κ1) is 13.1. The maximum atomic E-state index is 4.67. The van der Waals surface area contributed by atoms with Gasteiger partial charge >= 0.3 is 0 Å². The van der Waals surface area contributed by atoms with Crippen molar-refractivity contribution >= 4 is 16.3 Å². The highest BCUT2D eigenvalue weighted by atomic mass is 32.1. The van der Waals surface area contributed by atoms with Crippen LogP contribution in [0.5, 0.6) is 0 Å². The number of nitrogens with one attached hydrogen (secondary N) is 1. The molecule has 4 nitrogen and oxygen atoms in total. The Balaban J connectivity index is 1.59. The Bertz CT molecular complexity index is 723. The number of hydrogen-bond donors (Lipinski definition) is 1. The van der Waals surface area contributed by atoms with Crippen LogP contribution in [0.3, 0.4) is 0 Å². The van der Waals surface area contributed by atoms with Crippen LogP contribution in [0.1, 0.15) is 42.6 Å². The van der Waals surface area contributed by atoms with E-state index >= 15 is 0 Å². The lowest BCUT2D eigenvalue weighted by molar-refractivity contribution is 0.473. The highest BCUT2D eigenvalue weighted by Gasteiger charge is 2.21. The maximum Gasteiger partial charge on any atom is 0.193 e. The molecule has 3 aromatic rings. The second-order valence-corrected chi connectivity index (χ2v) is 6.61. The molecule has 1 aliphatic carbocycles. The molecule has 0 amide bonds. The minimum absolute atomic E-state index is 0.533. The number of rotatable bonds is 4. The molecule has 0 saturated heterocycles. The van der Waals surface area contributed by atoms with Crippen molar-refractivity contribution in [1.82, 2.24) is 19.3 Å². The fourth-order valence-corrected chi connectivity index (χ4v) is 4.06. The average Bonchev–Trinajstić information content (AvgIpc) is 3.13. The third-order valence-corrected chi connectivity index (χ3v) is 5.02. The molecule has 0 fully saturated rings. The zero-order valence-electron chi connectivity index (χ0n) is 12.2. The smallest absolute Gasteiger partial charge is 0.193 e. The number of hydrogen-bond acceptors (Lipinski definition) is 3. The highest BCUT2D eigenvalue weighted by Crippen LogP contribution is 2.30. The maximum absolute atomic E-state index is 4.67. The Morgan fingerprint density at radius 2 is 2.33 bits per heavy atom. The van der Waals surface area contributed by atoms with Crippen LogP contribution in [-0.2, 0) is 13.0 Å². The summed E-state index contributed by atoms with van der Waals surface area (Å²) in [7, 11) is 0. The van der Waals surface area contributed by atoms with Gasteiger partial charge in [-0.05, 0) is 36.9 Å². The van der Waals surface area contributed by atoms with Crippen LogP contribution in [0.15, 0.2) is 30.2 Å². The SMILES string of the molecule is CCNC1CCCc2cn(Cc3cn4ccsc4n3)cc21. The first-order valence-corrected chi connectivity index (χ1v) is 8.54. The van der Waals surface area contributed by atoms with Crippen molar-refractivity contribution in [2.45, 2.75) is 38.8 Å². The largest absolute Gasteiger partial charge is 0.348 e. The van der Waals surface area contributed by atoms with Gasteiger partial charge in [-0.25, -0.2) is 4.98 Å². The van der Waals surface area contributed by atoms with E-state index in [0.29, 0.717) is 6.04 Å². The Morgan fingerprint density at radius 1 is 1.38 bits per heavy atom. The summed E-state index contributed by atoms with van der Waals surface area (Å²) in [6.07, 6.45) is 12.6. The molecule has 4 rings (SSSR count). The van der Waals surface area contributed by atoms with E-state index in [0.717, 1.165) is 23.7 Å². The molecule has 1 unspecified atom stereocenters. The van der Waals surface area contributed by atoms with Crippen LogP contribution >= 0.6 is 11.3 Å². The highest BCUT2D eigenvalue weighted by molar-refractivity contribution is 7.15. The van der Waals surface area contributed by atoms with Crippen molar-refractivity contribution in [1.29, 1.82) is 0 Å². The third-order valence-electron chi connectivity index (χ3n) is 4.25. The Labute approximate surface area is 128 Å². The number of aryl methyl sites for hydroxylation is 1. The molecular weight excluding hydrogens is 280 g/mol. The van der Waals surface area contributed by atoms with Gasteiger partial charge in [0.2, 0.25) is 0 Å². The van der Waals surface area contributed by atoms with E-state index in [9.17, 15) is 0 Å². The van der Waals surface area contributed by atoms with Crippen molar-refractivity contribution in [2.75, 3.05) is 6.54 Å². The van der Waals surface area contributed by atoms with Gasteiger partial charge in [0.25, 0.3) is 0 Å². The molecule has 3 heterocycles. The summed E-state index contributed by atoms with van der Waals surface area (Å²) in [5.74, 6) is 0. The van der Waals surface area contributed by atoms with Crippen molar-refractivity contribution in [3.05, 3.63) is 47.0 Å². The van der Waals surface area contributed by atoms with Crippen LogP contribution in [0.2, 0.25) is 0 Å². The van der Waals surface area contributed by atoms with Gasteiger partial charge in [0.05, 0.1) is 12.2 Å². The molecule has 0 saturated carbocycles. The molecule has 0 aromatic carbocycles. The zero-order valence-corrected chi connectivity index (χ0v) is 13.1. The van der Waals surface area contributed by atoms with E-state index in [4.69, 9.17) is 0 Å². The normalized spacial score (nSPS) is 18.2. The van der Waals surface area contributed by atoms with Crippen LogP contribution in [-0.4, -0.2) is 20.5 Å². The lowest BCUT2D eigenvalue weighted by Gasteiger charge is -2.22. The van der Waals surface area contributed by atoms with Crippen LogP contribution in [0.25, 0.3) is 4.96 Å². The number of imidazole rings is 1. The third kappa shape index (κ3) is 2.40. The topological polar surface area (TPSA) is 34.3 Å². The summed E-state index contributed by atoms with van der Waals surface area (Å²) < 4.78 is 4.40. The van der Waals surface area contributed by atoms with Gasteiger partial charge < -0.3 is 9.88 Å². The van der Waals surface area contributed by atoms with Gasteiger partial charge in [0.15, 0.2) is 4.96 Å². The van der Waals surface area contributed by atoms with Gasteiger partial charge in [0, 0.05) is 36.2 Å². The summed E-state index contributed by atoms with van der Waals surface area (Å²) >= 11 is 1.69. The first-order valence-electron chi connectivity index (χ1n) is 7.66. The molecule has 1 N–H and O–H groups in total. The number of thiazole rings is 1. The zero-order chi connectivity index (χ0) is 14.2. The van der Waals surface area contributed by atoms with Crippen molar-refractivity contribution < 1.29 is 0 Å². The van der Waals surface area contributed by atoms with Crippen LogP contribution in [0, 0.1) is 0 Å². The average molecular weight is 300 g/mol. The van der Waals surface area contributed by atoms with E-state index in [1.165, 1.54) is 30.4 Å². The lowest BCUT2D eigenvalue weighted by Crippen LogP contribution is -2.23. The van der Waals surface area contributed by atoms with Crippen LogP contribution in [0.4, 0.5) is 0 Å². The van der Waals surface area contributed by atoms with E-state index in [2.05, 4.69) is 56.4 Å². The quantitative estimate of drug-likeness (QED) is 0.802. The molecule has 0 aliphatic heterocycles. The molecule has 110 valence electrons. The molecule has 1 atom stereocenters. The number of fused-ring (bicyclic) bond motifs is 2. The summed E-state index contributed by atoms with van der Waals surface area (Å²) in [5, 5.41) is 5.67. The van der Waals surface area contributed by atoms with Gasteiger partial charge in [-0.2, -0.15) is 0 Å². The summed E-state index contributed by atoms with van der Waals surface area (Å²) in [6, 6.07) is 0.533. The fraction of sp³-hybridized carbons (Fsp3) is 0.438. The first-order chi connectivity index (χ1) is 10.3. The number of aromatic nitrogens is 3. The predicted molar refractivity (Wildman–Crippen MR) is 86.0 cm³/mol. The molecular formula is C16H20N4S. The fourth-order valence-electron chi connectivity index (χ4n) is 3.34. The molecule has 21 heavy (non-hydrogen) atoms. The Morgan fingerprint density at radius 3 is 3.19 bits per heavy atom. The molecule has 0 spiro atoms. The predicted octanol–water partition coefficient (Wildman–Crippen LogP) is 3.23. The van der Waals surface area contributed by atoms with Gasteiger partial charge in [-0.3, -0.25) is 4.40 Å². The van der Waals surface area contributed by atoms with Crippen LogP contribution < -0.4 is 5.32 Å². The molecule has 5 heteroatoms. The lowest BCUT2D eigenvalue weighted by atomic mass is 9.91. The summed E-state index contributed by atoms with van der Waals surface area (Å²) in [6.45, 7) is 4.08. The van der Waals surface area contributed by atoms with Crippen molar-refractivity contribution in [2.24, 2.45) is 0 Å². The van der Waals surface area contributed by atoms with Gasteiger partial charge in [-0.1, -0.05) is 6.92 Å². The molecule has 0 bridgehead atoms. The molecule has 3 aromatic heterocycles. The second kappa shape index (κ2) is 5.31. The molecule has 1 aliphatic rings. The Kier molecular flexibility index (Phi) is 3.31. The van der Waals surface area contributed by atoms with Crippen molar-refractivity contribution in [3.8, 4) is 0 Å². The Hall–Kier alpha value is -1.59. The summed E-state index contributed by atoms with van der Waals surface area (Å²) in [4.78, 5) is 5.75. The summed E-state index contributed by atoms with van der Waals surface area (Å²) in [5.41, 5.74) is 4.13. The monoisotopic (exact) mass is 300 g/mol. The standard InChI is InChI=1S/C16H20N4S/c1-2-17-15-5-3-4-12-8-19(11-14(12)15)9-13-10-20-6-7-21-16(20)18-13/h6-8,10-11,15,17H,2-5,9H2,1H3. The van der Waals surface area contributed by atoms with E-state index in [-0.39, 0.29) is 0 Å². The minimum atomic E-state index is 0.533. The number of nitrogens with zero attached hydrogens (tertiary/aromatic N) is 3.